The van der Waals surface area contributed by atoms with Gasteiger partial charge < -0.3 is 15.2 Å². The number of carbonyl (C=O) groups is 1. The van der Waals surface area contributed by atoms with Gasteiger partial charge in [0.2, 0.25) is 5.89 Å². The standard InChI is InChI=1S/C14H23N5O2/c1-9(19(2)10-5-6-10)8-16-13(20)12-17-14(21-18-12)11-4-3-7-15-11/h9-11,15H,3-8H2,1-2H3,(H,16,20). The third kappa shape index (κ3) is 3.41. The minimum Gasteiger partial charge on any atom is -0.348 e. The largest absolute Gasteiger partial charge is 0.348 e. The van der Waals surface area contributed by atoms with Crippen molar-refractivity contribution in [2.75, 3.05) is 20.1 Å². The second kappa shape index (κ2) is 6.11. The van der Waals surface area contributed by atoms with E-state index in [-0.39, 0.29) is 17.8 Å². The van der Waals surface area contributed by atoms with E-state index in [1.54, 1.807) is 0 Å². The molecule has 2 fully saturated rings. The molecule has 21 heavy (non-hydrogen) atoms. The van der Waals surface area contributed by atoms with Crippen molar-refractivity contribution < 1.29 is 9.32 Å². The van der Waals surface area contributed by atoms with E-state index in [4.69, 9.17) is 4.52 Å². The first kappa shape index (κ1) is 14.5. The van der Waals surface area contributed by atoms with E-state index >= 15 is 0 Å². The number of aromatic nitrogens is 2. The molecule has 116 valence electrons. The molecule has 7 heteroatoms. The van der Waals surface area contributed by atoms with Crippen LogP contribution in [-0.2, 0) is 0 Å². The Morgan fingerprint density at radius 3 is 3.00 bits per heavy atom. The van der Waals surface area contributed by atoms with Crippen molar-refractivity contribution in [2.24, 2.45) is 0 Å². The van der Waals surface area contributed by atoms with Crippen LogP contribution in [-0.4, -0.2) is 53.2 Å². The van der Waals surface area contributed by atoms with Crippen molar-refractivity contribution in [2.45, 2.75) is 50.7 Å². The van der Waals surface area contributed by atoms with Gasteiger partial charge in [0, 0.05) is 18.6 Å². The Hall–Kier alpha value is -1.47. The first-order valence-corrected chi connectivity index (χ1v) is 7.72. The van der Waals surface area contributed by atoms with Crippen molar-refractivity contribution in [1.82, 2.24) is 25.7 Å². The molecule has 2 aliphatic rings. The highest BCUT2D eigenvalue weighted by molar-refractivity contribution is 5.90. The molecule has 0 spiro atoms. The van der Waals surface area contributed by atoms with E-state index in [1.807, 2.05) is 0 Å². The average molecular weight is 293 g/mol. The summed E-state index contributed by atoms with van der Waals surface area (Å²) >= 11 is 0. The molecule has 2 N–H and O–H groups in total. The molecular weight excluding hydrogens is 270 g/mol. The summed E-state index contributed by atoms with van der Waals surface area (Å²) < 4.78 is 5.18. The second-order valence-corrected chi connectivity index (χ2v) is 6.06. The zero-order chi connectivity index (χ0) is 14.8. The summed E-state index contributed by atoms with van der Waals surface area (Å²) in [5.41, 5.74) is 0. The first-order chi connectivity index (χ1) is 10.1. The predicted molar refractivity (Wildman–Crippen MR) is 76.9 cm³/mol. The van der Waals surface area contributed by atoms with Gasteiger partial charge in [-0.3, -0.25) is 9.69 Å². The molecule has 1 aromatic heterocycles. The van der Waals surface area contributed by atoms with Crippen LogP contribution in [0.1, 0.15) is 55.2 Å². The van der Waals surface area contributed by atoms with Gasteiger partial charge in [0.1, 0.15) is 0 Å². The van der Waals surface area contributed by atoms with Crippen LogP contribution >= 0.6 is 0 Å². The molecule has 0 aromatic carbocycles. The van der Waals surface area contributed by atoms with E-state index in [1.165, 1.54) is 12.8 Å². The maximum atomic E-state index is 12.1. The lowest BCUT2D eigenvalue weighted by Gasteiger charge is -2.24. The zero-order valence-electron chi connectivity index (χ0n) is 12.6. The first-order valence-electron chi connectivity index (χ1n) is 7.72. The highest BCUT2D eigenvalue weighted by Crippen LogP contribution is 2.26. The van der Waals surface area contributed by atoms with Gasteiger partial charge >= 0.3 is 0 Å². The summed E-state index contributed by atoms with van der Waals surface area (Å²) in [5.74, 6) is 0.375. The molecule has 3 rings (SSSR count). The van der Waals surface area contributed by atoms with Gasteiger partial charge in [0.05, 0.1) is 6.04 Å². The Morgan fingerprint density at radius 2 is 2.33 bits per heavy atom. The van der Waals surface area contributed by atoms with Crippen LogP contribution in [0.15, 0.2) is 4.52 Å². The van der Waals surface area contributed by atoms with E-state index in [0.29, 0.717) is 24.5 Å². The average Bonchev–Trinajstić information content (AvgIpc) is 3.00. The van der Waals surface area contributed by atoms with Crippen LogP contribution in [0.2, 0.25) is 0 Å². The number of likely N-dealkylation sites (N-methyl/N-ethyl adjacent to an activating group) is 1. The minimum absolute atomic E-state index is 0.0963. The van der Waals surface area contributed by atoms with Gasteiger partial charge in [0.15, 0.2) is 0 Å². The molecular formula is C14H23N5O2. The Morgan fingerprint density at radius 1 is 1.52 bits per heavy atom. The van der Waals surface area contributed by atoms with Crippen LogP contribution < -0.4 is 10.6 Å². The predicted octanol–water partition coefficient (Wildman–Crippen LogP) is 0.707. The molecule has 1 saturated heterocycles. The summed E-state index contributed by atoms with van der Waals surface area (Å²) in [6.45, 7) is 3.67. The number of nitrogens with zero attached hydrogens (tertiary/aromatic N) is 3. The molecule has 1 saturated carbocycles. The van der Waals surface area contributed by atoms with E-state index in [0.717, 1.165) is 19.4 Å². The fraction of sp³-hybridized carbons (Fsp3) is 0.786. The summed E-state index contributed by atoms with van der Waals surface area (Å²) in [4.78, 5) is 18.6. The van der Waals surface area contributed by atoms with Crippen LogP contribution in [0.25, 0.3) is 0 Å². The highest BCUT2D eigenvalue weighted by Gasteiger charge is 2.29. The van der Waals surface area contributed by atoms with E-state index in [2.05, 4.69) is 39.6 Å². The maximum Gasteiger partial charge on any atom is 0.292 e. The Kier molecular flexibility index (Phi) is 4.21. The van der Waals surface area contributed by atoms with Gasteiger partial charge in [-0.15, -0.1) is 0 Å². The number of rotatable bonds is 6. The van der Waals surface area contributed by atoms with Crippen molar-refractivity contribution in [1.29, 1.82) is 0 Å². The highest BCUT2D eigenvalue weighted by atomic mass is 16.5. The maximum absolute atomic E-state index is 12.1. The molecule has 7 nitrogen and oxygen atoms in total. The number of nitrogens with one attached hydrogen (secondary N) is 2. The van der Waals surface area contributed by atoms with Crippen LogP contribution in [0.3, 0.4) is 0 Å². The van der Waals surface area contributed by atoms with Crippen molar-refractivity contribution >= 4 is 5.91 Å². The van der Waals surface area contributed by atoms with Crippen LogP contribution in [0, 0.1) is 0 Å². The smallest absolute Gasteiger partial charge is 0.292 e. The molecule has 1 aromatic rings. The van der Waals surface area contributed by atoms with Crippen LogP contribution in [0.4, 0.5) is 0 Å². The van der Waals surface area contributed by atoms with Crippen LogP contribution in [0.5, 0.6) is 0 Å². The van der Waals surface area contributed by atoms with Crippen molar-refractivity contribution in [3.8, 4) is 0 Å². The van der Waals surface area contributed by atoms with Gasteiger partial charge in [0.25, 0.3) is 11.7 Å². The number of carbonyl (C=O) groups excluding carboxylic acids is 1. The number of hydrogen-bond donors (Lipinski definition) is 2. The summed E-state index contributed by atoms with van der Waals surface area (Å²) in [6.07, 6.45) is 4.60. The molecule has 1 aliphatic heterocycles. The van der Waals surface area contributed by atoms with Gasteiger partial charge in [-0.1, -0.05) is 5.16 Å². The number of amides is 1. The Labute approximate surface area is 124 Å². The number of hydrogen-bond acceptors (Lipinski definition) is 6. The molecule has 2 heterocycles. The van der Waals surface area contributed by atoms with Gasteiger partial charge in [-0.25, -0.2) is 0 Å². The lowest BCUT2D eigenvalue weighted by atomic mass is 10.2. The van der Waals surface area contributed by atoms with Gasteiger partial charge in [-0.2, -0.15) is 4.98 Å². The molecule has 0 radical (unpaired) electrons. The molecule has 2 unspecified atom stereocenters. The Bertz CT molecular complexity index is 493. The monoisotopic (exact) mass is 293 g/mol. The van der Waals surface area contributed by atoms with Gasteiger partial charge in [-0.05, 0) is 46.2 Å². The summed E-state index contributed by atoms with van der Waals surface area (Å²) in [6, 6.07) is 1.09. The molecule has 1 amide bonds. The third-order valence-corrected chi connectivity index (χ3v) is 4.38. The van der Waals surface area contributed by atoms with E-state index in [9.17, 15) is 4.79 Å². The summed E-state index contributed by atoms with van der Waals surface area (Å²) in [5, 5.41) is 9.93. The van der Waals surface area contributed by atoms with Crippen molar-refractivity contribution in [3.63, 3.8) is 0 Å². The molecule has 2 atom stereocenters. The fourth-order valence-corrected chi connectivity index (χ4v) is 2.67. The summed E-state index contributed by atoms with van der Waals surface area (Å²) in [7, 11) is 2.10. The SMILES string of the molecule is CC(CNC(=O)c1noc(C2CCCN2)n1)N(C)C1CC1. The normalized spacial score (nSPS) is 23.5. The lowest BCUT2D eigenvalue weighted by Crippen LogP contribution is -2.41. The molecule has 0 bridgehead atoms. The second-order valence-electron chi connectivity index (χ2n) is 6.06. The quantitative estimate of drug-likeness (QED) is 0.803. The van der Waals surface area contributed by atoms with Crippen molar-refractivity contribution in [3.05, 3.63) is 11.7 Å². The fourth-order valence-electron chi connectivity index (χ4n) is 2.67. The third-order valence-electron chi connectivity index (χ3n) is 4.38. The zero-order valence-corrected chi connectivity index (χ0v) is 12.6. The van der Waals surface area contributed by atoms with E-state index < -0.39 is 0 Å². The topological polar surface area (TPSA) is 83.3 Å². The molecule has 1 aliphatic carbocycles. The lowest BCUT2D eigenvalue weighted by molar-refractivity contribution is 0.0926. The minimum atomic E-state index is -0.265. The Balaban J connectivity index is 1.50.